The maximum Gasteiger partial charge on any atom is 0.260 e. The summed E-state index contributed by atoms with van der Waals surface area (Å²) < 4.78 is 7.16. The Hall–Kier alpha value is -2.15. The molecular weight excluding hydrogens is 324 g/mol. The molecule has 0 spiro atoms. The van der Waals surface area contributed by atoms with Gasteiger partial charge in [-0.25, -0.2) is 4.98 Å². The third kappa shape index (κ3) is 2.09. The number of halogens is 1. The molecule has 0 aliphatic carbocycles. The van der Waals surface area contributed by atoms with Gasteiger partial charge in [-0.15, -0.1) is 0 Å². The summed E-state index contributed by atoms with van der Waals surface area (Å²) in [6.45, 7) is 1.91. The van der Waals surface area contributed by atoms with Crippen molar-refractivity contribution in [2.75, 3.05) is 5.32 Å². The Labute approximate surface area is 122 Å². The Morgan fingerprint density at radius 2 is 2.30 bits per heavy atom. The largest absolute Gasteiger partial charge is 0.457 e. The molecule has 0 aliphatic rings. The molecule has 0 atom stereocenters. The summed E-state index contributed by atoms with van der Waals surface area (Å²) in [6.07, 6.45) is 3.06. The lowest BCUT2D eigenvalue weighted by Crippen LogP contribution is -2.11. The van der Waals surface area contributed by atoms with Crippen LogP contribution in [0.25, 0.3) is 11.0 Å². The summed E-state index contributed by atoms with van der Waals surface area (Å²) in [7, 11) is 1.84. The van der Waals surface area contributed by atoms with Crippen molar-refractivity contribution in [3.8, 4) is 0 Å². The van der Waals surface area contributed by atoms with E-state index in [1.807, 2.05) is 20.0 Å². The normalized spacial score (nSPS) is 10.9. The molecule has 0 fully saturated rings. The molecule has 0 saturated heterocycles. The smallest absolute Gasteiger partial charge is 0.260 e. The summed E-state index contributed by atoms with van der Waals surface area (Å²) in [5.74, 6) is -0.256. The van der Waals surface area contributed by atoms with Gasteiger partial charge in [-0.3, -0.25) is 9.48 Å². The van der Waals surface area contributed by atoms with Crippen molar-refractivity contribution in [3.63, 3.8) is 0 Å². The number of fused-ring (bicyclic) bond motifs is 1. The van der Waals surface area contributed by atoms with Crippen LogP contribution in [0.5, 0.6) is 0 Å². The van der Waals surface area contributed by atoms with Crippen molar-refractivity contribution in [1.82, 2.24) is 14.8 Å². The highest BCUT2D eigenvalue weighted by molar-refractivity contribution is 9.10. The first kappa shape index (κ1) is 12.9. The Bertz CT molecular complexity index is 806. The minimum Gasteiger partial charge on any atom is -0.457 e. The molecule has 0 saturated carbocycles. The average molecular weight is 335 g/mol. The SMILES string of the molecule is Cc1nn(C)c2ncc(NC(=O)c3ccoc3Br)cc12. The van der Waals surface area contributed by atoms with Gasteiger partial charge in [0.15, 0.2) is 10.3 Å². The zero-order valence-corrected chi connectivity index (χ0v) is 12.4. The molecular formula is C13H11BrN4O2. The fourth-order valence-electron chi connectivity index (χ4n) is 2.03. The zero-order chi connectivity index (χ0) is 14.3. The first-order valence-electron chi connectivity index (χ1n) is 5.90. The van der Waals surface area contributed by atoms with Gasteiger partial charge in [0.05, 0.1) is 29.4 Å². The third-order valence-corrected chi connectivity index (χ3v) is 3.60. The number of nitrogens with zero attached hydrogens (tertiary/aromatic N) is 3. The van der Waals surface area contributed by atoms with Crippen LogP contribution in [0.1, 0.15) is 16.1 Å². The number of aromatic nitrogens is 3. The number of amides is 1. The molecule has 3 rings (SSSR count). The monoisotopic (exact) mass is 334 g/mol. The van der Waals surface area contributed by atoms with Crippen LogP contribution in [-0.2, 0) is 7.05 Å². The van der Waals surface area contributed by atoms with Crippen molar-refractivity contribution < 1.29 is 9.21 Å². The maximum absolute atomic E-state index is 12.1. The van der Waals surface area contributed by atoms with Crippen LogP contribution >= 0.6 is 15.9 Å². The van der Waals surface area contributed by atoms with Crippen LogP contribution in [0.3, 0.4) is 0 Å². The number of rotatable bonds is 2. The van der Waals surface area contributed by atoms with Crippen molar-refractivity contribution in [3.05, 3.63) is 40.5 Å². The fourth-order valence-corrected chi connectivity index (χ4v) is 2.45. The molecule has 102 valence electrons. The Balaban J connectivity index is 1.93. The van der Waals surface area contributed by atoms with Gasteiger partial charge in [0.25, 0.3) is 5.91 Å². The van der Waals surface area contributed by atoms with Crippen molar-refractivity contribution in [2.45, 2.75) is 6.92 Å². The molecule has 3 aromatic heterocycles. The van der Waals surface area contributed by atoms with Gasteiger partial charge in [0.1, 0.15) is 0 Å². The van der Waals surface area contributed by atoms with Crippen LogP contribution in [0.15, 0.2) is 33.7 Å². The Morgan fingerprint density at radius 3 is 3.00 bits per heavy atom. The molecule has 7 heteroatoms. The van der Waals surface area contributed by atoms with Crippen LogP contribution in [0.4, 0.5) is 5.69 Å². The molecule has 0 aromatic carbocycles. The molecule has 0 radical (unpaired) electrons. The number of nitrogens with one attached hydrogen (secondary N) is 1. The number of carbonyl (C=O) groups is 1. The van der Waals surface area contributed by atoms with Crippen LogP contribution < -0.4 is 5.32 Å². The van der Waals surface area contributed by atoms with Crippen LogP contribution in [-0.4, -0.2) is 20.7 Å². The topological polar surface area (TPSA) is 73.0 Å². The lowest BCUT2D eigenvalue weighted by Gasteiger charge is -2.04. The number of aryl methyl sites for hydroxylation is 2. The van der Waals surface area contributed by atoms with E-state index in [4.69, 9.17) is 4.42 Å². The van der Waals surface area contributed by atoms with E-state index in [1.165, 1.54) is 6.26 Å². The molecule has 3 heterocycles. The van der Waals surface area contributed by atoms with Gasteiger partial charge >= 0.3 is 0 Å². The number of carbonyl (C=O) groups excluding carboxylic acids is 1. The molecule has 6 nitrogen and oxygen atoms in total. The number of hydrogen-bond donors (Lipinski definition) is 1. The van der Waals surface area contributed by atoms with Gasteiger partial charge in [0.2, 0.25) is 0 Å². The van der Waals surface area contributed by atoms with Gasteiger partial charge in [-0.1, -0.05) is 0 Å². The predicted octanol–water partition coefficient (Wildman–Crippen LogP) is 2.88. The molecule has 0 bridgehead atoms. The van der Waals surface area contributed by atoms with E-state index in [-0.39, 0.29) is 5.91 Å². The molecule has 0 aliphatic heterocycles. The Morgan fingerprint density at radius 1 is 1.50 bits per heavy atom. The van der Waals surface area contributed by atoms with E-state index in [2.05, 4.69) is 31.3 Å². The van der Waals surface area contributed by atoms with Crippen molar-refractivity contribution >= 4 is 38.6 Å². The number of hydrogen-bond acceptors (Lipinski definition) is 4. The molecule has 1 N–H and O–H groups in total. The summed E-state index contributed by atoms with van der Waals surface area (Å²) in [5, 5.41) is 7.99. The maximum atomic E-state index is 12.1. The highest BCUT2D eigenvalue weighted by Gasteiger charge is 2.14. The standard InChI is InChI=1S/C13H11BrN4O2/c1-7-10-5-8(6-15-12(10)18(2)17-7)16-13(19)9-3-4-20-11(9)14/h3-6H,1-2H3,(H,16,19). The second-order valence-corrected chi connectivity index (χ2v) is 5.09. The van der Waals surface area contributed by atoms with E-state index < -0.39 is 0 Å². The minimum absolute atomic E-state index is 0.256. The number of furan rings is 1. The second kappa shape index (κ2) is 4.75. The predicted molar refractivity (Wildman–Crippen MR) is 77.6 cm³/mol. The lowest BCUT2D eigenvalue weighted by atomic mass is 10.2. The van der Waals surface area contributed by atoms with Crippen LogP contribution in [0, 0.1) is 6.92 Å². The molecule has 1 amide bonds. The first-order valence-corrected chi connectivity index (χ1v) is 6.69. The number of pyridine rings is 1. The van der Waals surface area contributed by atoms with E-state index in [0.717, 1.165) is 16.7 Å². The van der Waals surface area contributed by atoms with E-state index >= 15 is 0 Å². The van der Waals surface area contributed by atoms with Crippen molar-refractivity contribution in [1.29, 1.82) is 0 Å². The number of anilines is 1. The minimum atomic E-state index is -0.256. The molecule has 0 unspecified atom stereocenters. The summed E-state index contributed by atoms with van der Waals surface area (Å²) in [4.78, 5) is 16.4. The van der Waals surface area contributed by atoms with E-state index in [0.29, 0.717) is 15.9 Å². The van der Waals surface area contributed by atoms with Gasteiger partial charge in [0, 0.05) is 12.4 Å². The van der Waals surface area contributed by atoms with E-state index in [1.54, 1.807) is 16.9 Å². The highest BCUT2D eigenvalue weighted by Crippen LogP contribution is 2.22. The first-order chi connectivity index (χ1) is 9.56. The highest BCUT2D eigenvalue weighted by atomic mass is 79.9. The summed E-state index contributed by atoms with van der Waals surface area (Å²) in [5.41, 5.74) is 2.71. The zero-order valence-electron chi connectivity index (χ0n) is 10.8. The van der Waals surface area contributed by atoms with Crippen molar-refractivity contribution in [2.24, 2.45) is 7.05 Å². The second-order valence-electron chi connectivity index (χ2n) is 4.37. The average Bonchev–Trinajstić information content (AvgIpc) is 2.95. The summed E-state index contributed by atoms with van der Waals surface area (Å²) in [6, 6.07) is 3.46. The van der Waals surface area contributed by atoms with Crippen LogP contribution in [0.2, 0.25) is 0 Å². The van der Waals surface area contributed by atoms with E-state index in [9.17, 15) is 4.79 Å². The van der Waals surface area contributed by atoms with Gasteiger partial charge in [-0.05, 0) is 35.0 Å². The Kier molecular flexibility index (Phi) is 3.06. The molecule has 3 aromatic rings. The summed E-state index contributed by atoms with van der Waals surface area (Å²) >= 11 is 3.18. The van der Waals surface area contributed by atoms with Gasteiger partial charge < -0.3 is 9.73 Å². The van der Waals surface area contributed by atoms with Gasteiger partial charge in [-0.2, -0.15) is 5.10 Å². The fraction of sp³-hybridized carbons (Fsp3) is 0.154. The lowest BCUT2D eigenvalue weighted by molar-refractivity contribution is 0.102. The quantitative estimate of drug-likeness (QED) is 0.782. The molecule has 20 heavy (non-hydrogen) atoms. The third-order valence-electron chi connectivity index (χ3n) is 2.98.